The lowest BCUT2D eigenvalue weighted by Crippen LogP contribution is -2.35. The number of ether oxygens (including phenoxy) is 1. The minimum absolute atomic E-state index is 0.363. The van der Waals surface area contributed by atoms with Gasteiger partial charge in [0.05, 0.1) is 5.60 Å². The Morgan fingerprint density at radius 3 is 2.29 bits per heavy atom. The van der Waals surface area contributed by atoms with Crippen molar-refractivity contribution in [3.63, 3.8) is 0 Å². The third-order valence-electron chi connectivity index (χ3n) is 3.52. The molecule has 0 fully saturated rings. The fraction of sp³-hybridized carbons (Fsp3) is 0.733. The van der Waals surface area contributed by atoms with Crippen LogP contribution in [0.2, 0.25) is 0 Å². The van der Waals surface area contributed by atoms with Crippen LogP contribution >= 0.6 is 0 Å². The van der Waals surface area contributed by atoms with Crippen LogP contribution in [0, 0.1) is 0 Å². The number of anilines is 2. The molecular weight excluding hydrogens is 268 g/mol. The van der Waals surface area contributed by atoms with E-state index in [2.05, 4.69) is 27.5 Å². The van der Waals surface area contributed by atoms with E-state index in [1.807, 2.05) is 19.9 Å². The number of aromatic nitrogens is 2. The summed E-state index contributed by atoms with van der Waals surface area (Å²) in [5, 5.41) is 16.8. The summed E-state index contributed by atoms with van der Waals surface area (Å²) in [5.41, 5.74) is -0.705. The van der Waals surface area contributed by atoms with Crippen LogP contribution in [0.25, 0.3) is 0 Å². The van der Waals surface area contributed by atoms with Gasteiger partial charge in [-0.1, -0.05) is 20.8 Å². The van der Waals surface area contributed by atoms with E-state index in [4.69, 9.17) is 4.74 Å². The van der Waals surface area contributed by atoms with E-state index in [1.54, 1.807) is 7.11 Å². The van der Waals surface area contributed by atoms with E-state index in [0.717, 1.165) is 18.8 Å². The molecule has 6 nitrogen and oxygen atoms in total. The minimum Gasteiger partial charge on any atom is -0.388 e. The highest BCUT2D eigenvalue weighted by molar-refractivity contribution is 5.47. The zero-order chi connectivity index (χ0) is 15.7. The largest absolute Gasteiger partial charge is 0.388 e. The average molecular weight is 296 g/mol. The van der Waals surface area contributed by atoms with E-state index in [1.165, 1.54) is 0 Å². The molecule has 0 saturated carbocycles. The summed E-state index contributed by atoms with van der Waals surface area (Å²) in [6, 6.07) is 1.86. The Hall–Kier alpha value is -1.40. The SMILES string of the molecule is CCCNc1cc(NCC(O)(CC)CC)nc(COC)n1. The van der Waals surface area contributed by atoms with Crippen molar-refractivity contribution in [2.75, 3.05) is 30.8 Å². The third-order valence-corrected chi connectivity index (χ3v) is 3.52. The van der Waals surface area contributed by atoms with Crippen molar-refractivity contribution in [3.05, 3.63) is 11.9 Å². The molecule has 0 aliphatic rings. The van der Waals surface area contributed by atoms with Crippen LogP contribution in [0.5, 0.6) is 0 Å². The van der Waals surface area contributed by atoms with Gasteiger partial charge in [0.15, 0.2) is 5.82 Å². The van der Waals surface area contributed by atoms with Gasteiger partial charge in [0.1, 0.15) is 18.2 Å². The molecule has 6 heteroatoms. The summed E-state index contributed by atoms with van der Waals surface area (Å²) in [7, 11) is 1.62. The lowest BCUT2D eigenvalue weighted by atomic mass is 9.98. The summed E-state index contributed by atoms with van der Waals surface area (Å²) >= 11 is 0. The van der Waals surface area contributed by atoms with Crippen LogP contribution < -0.4 is 10.6 Å². The molecule has 0 unspecified atom stereocenters. The molecule has 21 heavy (non-hydrogen) atoms. The van der Waals surface area contributed by atoms with Crippen molar-refractivity contribution in [3.8, 4) is 0 Å². The molecule has 1 aromatic heterocycles. The zero-order valence-electron chi connectivity index (χ0n) is 13.6. The van der Waals surface area contributed by atoms with E-state index in [9.17, 15) is 5.11 Å². The Morgan fingerprint density at radius 1 is 1.14 bits per heavy atom. The van der Waals surface area contributed by atoms with Crippen molar-refractivity contribution in [1.29, 1.82) is 0 Å². The second kappa shape index (κ2) is 8.79. The maximum absolute atomic E-state index is 10.3. The first-order valence-electron chi connectivity index (χ1n) is 7.63. The number of nitrogens with one attached hydrogen (secondary N) is 2. The highest BCUT2D eigenvalue weighted by Gasteiger charge is 2.22. The lowest BCUT2D eigenvalue weighted by Gasteiger charge is -2.25. The molecule has 1 aromatic rings. The average Bonchev–Trinajstić information content (AvgIpc) is 2.51. The third kappa shape index (κ3) is 5.85. The smallest absolute Gasteiger partial charge is 0.158 e. The standard InChI is InChI=1S/C15H28N4O2/c1-5-8-16-12-9-13(19-14(18-12)10-21-4)17-11-15(20,6-2)7-3/h9,20H,5-8,10-11H2,1-4H3,(H2,16,17,18,19). The highest BCUT2D eigenvalue weighted by Crippen LogP contribution is 2.17. The topological polar surface area (TPSA) is 79.3 Å². The molecule has 0 saturated heterocycles. The first-order chi connectivity index (χ1) is 10.1. The number of nitrogens with zero attached hydrogens (tertiary/aromatic N) is 2. The summed E-state index contributed by atoms with van der Waals surface area (Å²) in [6.07, 6.45) is 2.43. The number of rotatable bonds is 10. The zero-order valence-corrected chi connectivity index (χ0v) is 13.6. The fourth-order valence-corrected chi connectivity index (χ4v) is 1.88. The summed E-state index contributed by atoms with van der Waals surface area (Å²) < 4.78 is 5.10. The van der Waals surface area contributed by atoms with Crippen molar-refractivity contribution >= 4 is 11.6 Å². The Morgan fingerprint density at radius 2 is 1.76 bits per heavy atom. The van der Waals surface area contributed by atoms with Crippen LogP contribution in [-0.4, -0.2) is 40.9 Å². The first-order valence-corrected chi connectivity index (χ1v) is 7.63. The van der Waals surface area contributed by atoms with Gasteiger partial charge in [-0.2, -0.15) is 0 Å². The van der Waals surface area contributed by atoms with E-state index >= 15 is 0 Å². The molecule has 1 heterocycles. The molecule has 1 rings (SSSR count). The Kier molecular flexibility index (Phi) is 7.39. The summed E-state index contributed by atoms with van der Waals surface area (Å²) in [6.45, 7) is 7.76. The Bertz CT molecular complexity index is 422. The monoisotopic (exact) mass is 296 g/mol. The molecule has 0 atom stereocenters. The molecule has 0 radical (unpaired) electrons. The number of hydrogen-bond acceptors (Lipinski definition) is 6. The van der Waals surface area contributed by atoms with Gasteiger partial charge in [-0.3, -0.25) is 0 Å². The summed E-state index contributed by atoms with van der Waals surface area (Å²) in [5.74, 6) is 2.10. The van der Waals surface area contributed by atoms with Crippen LogP contribution in [0.15, 0.2) is 6.07 Å². The molecule has 120 valence electrons. The van der Waals surface area contributed by atoms with Gasteiger partial charge in [0.25, 0.3) is 0 Å². The molecule has 3 N–H and O–H groups in total. The van der Waals surface area contributed by atoms with Gasteiger partial charge in [-0.25, -0.2) is 9.97 Å². The van der Waals surface area contributed by atoms with Gasteiger partial charge in [-0.05, 0) is 19.3 Å². The van der Waals surface area contributed by atoms with Gasteiger partial charge in [-0.15, -0.1) is 0 Å². The van der Waals surface area contributed by atoms with E-state index in [-0.39, 0.29) is 0 Å². The van der Waals surface area contributed by atoms with Gasteiger partial charge >= 0.3 is 0 Å². The van der Waals surface area contributed by atoms with Crippen LogP contribution in [0.4, 0.5) is 11.6 Å². The van der Waals surface area contributed by atoms with E-state index < -0.39 is 5.60 Å². The second-order valence-corrected chi connectivity index (χ2v) is 5.20. The van der Waals surface area contributed by atoms with Crippen LogP contribution in [-0.2, 0) is 11.3 Å². The minimum atomic E-state index is -0.705. The predicted molar refractivity (Wildman–Crippen MR) is 85.5 cm³/mol. The van der Waals surface area contributed by atoms with Crippen molar-refractivity contribution < 1.29 is 9.84 Å². The molecular formula is C15H28N4O2. The second-order valence-electron chi connectivity index (χ2n) is 5.20. The van der Waals surface area contributed by atoms with Crippen LogP contribution in [0.3, 0.4) is 0 Å². The van der Waals surface area contributed by atoms with Crippen LogP contribution in [0.1, 0.15) is 45.9 Å². The fourth-order valence-electron chi connectivity index (χ4n) is 1.88. The predicted octanol–water partition coefficient (Wildman–Crippen LogP) is 2.41. The molecule has 0 aliphatic carbocycles. The normalized spacial score (nSPS) is 11.5. The van der Waals surface area contributed by atoms with Gasteiger partial charge in [0, 0.05) is 26.3 Å². The number of hydrogen-bond donors (Lipinski definition) is 3. The molecule has 0 amide bonds. The Balaban J connectivity index is 2.81. The molecule has 0 aliphatic heterocycles. The quantitative estimate of drug-likeness (QED) is 0.615. The van der Waals surface area contributed by atoms with Crippen molar-refractivity contribution in [2.24, 2.45) is 0 Å². The van der Waals surface area contributed by atoms with Crippen molar-refractivity contribution in [2.45, 2.75) is 52.2 Å². The maximum Gasteiger partial charge on any atom is 0.158 e. The lowest BCUT2D eigenvalue weighted by molar-refractivity contribution is 0.0456. The van der Waals surface area contributed by atoms with Crippen molar-refractivity contribution in [1.82, 2.24) is 9.97 Å². The maximum atomic E-state index is 10.3. The molecule has 0 bridgehead atoms. The van der Waals surface area contributed by atoms with Gasteiger partial charge < -0.3 is 20.5 Å². The Labute approximate surface area is 127 Å². The number of methoxy groups -OCH3 is 1. The van der Waals surface area contributed by atoms with E-state index in [0.29, 0.717) is 37.6 Å². The molecule has 0 spiro atoms. The van der Waals surface area contributed by atoms with Gasteiger partial charge in [0.2, 0.25) is 0 Å². The first kappa shape index (κ1) is 17.7. The molecule has 0 aromatic carbocycles. The number of aliphatic hydroxyl groups is 1. The highest BCUT2D eigenvalue weighted by atomic mass is 16.5. The summed E-state index contributed by atoms with van der Waals surface area (Å²) in [4.78, 5) is 8.80.